The molecule has 1 aliphatic heterocycles. The van der Waals surface area contributed by atoms with E-state index in [-0.39, 0.29) is 22.2 Å². The van der Waals surface area contributed by atoms with Crippen LogP contribution in [-0.4, -0.2) is 64.7 Å². The number of amidine groups is 1. The lowest BCUT2D eigenvalue weighted by Crippen LogP contribution is -2.51. The number of amides is 1. The van der Waals surface area contributed by atoms with E-state index in [1.54, 1.807) is 43.0 Å². The molecule has 1 aliphatic carbocycles. The fourth-order valence-electron chi connectivity index (χ4n) is 6.48. The smallest absolute Gasteiger partial charge is 0.264 e. The van der Waals surface area contributed by atoms with E-state index in [4.69, 9.17) is 9.52 Å². The van der Waals surface area contributed by atoms with Gasteiger partial charge in [0.2, 0.25) is 5.88 Å². The molecule has 3 aromatic rings. The van der Waals surface area contributed by atoms with Crippen LogP contribution in [0.2, 0.25) is 0 Å². The van der Waals surface area contributed by atoms with Crippen LogP contribution in [0.3, 0.4) is 0 Å². The molecule has 11 nitrogen and oxygen atoms in total. The number of hydrogen-bond acceptors (Lipinski definition) is 9. The van der Waals surface area contributed by atoms with Crippen LogP contribution in [0.5, 0.6) is 0 Å². The number of aliphatic imine (C=N–C) groups is 1. The Kier molecular flexibility index (Phi) is 10.5. The first kappa shape index (κ1) is 35.7. The van der Waals surface area contributed by atoms with Crippen LogP contribution in [0.15, 0.2) is 56.9 Å². The Balaban J connectivity index is 1.54. The van der Waals surface area contributed by atoms with Gasteiger partial charge in [-0.05, 0) is 83.7 Å². The lowest BCUT2D eigenvalue weighted by Gasteiger charge is -2.32. The number of benzene rings is 2. The molecular formula is C36H50N6O5S. The molecule has 0 radical (unpaired) electrons. The van der Waals surface area contributed by atoms with Crippen LogP contribution in [-0.2, 0) is 27.9 Å². The summed E-state index contributed by atoms with van der Waals surface area (Å²) in [7, 11) is -2.27. The Morgan fingerprint density at radius 1 is 1.10 bits per heavy atom. The molecule has 0 unspecified atom stereocenters. The summed E-state index contributed by atoms with van der Waals surface area (Å²) in [6.07, 6.45) is 5.35. The van der Waals surface area contributed by atoms with Crippen LogP contribution >= 0.6 is 0 Å². The zero-order valence-corrected chi connectivity index (χ0v) is 30.1. The molecule has 2 heterocycles. The quantitative estimate of drug-likeness (QED) is 0.184. The summed E-state index contributed by atoms with van der Waals surface area (Å²) >= 11 is 0. The largest absolute Gasteiger partial charge is 0.365 e. The first-order valence-corrected chi connectivity index (χ1v) is 18.4. The summed E-state index contributed by atoms with van der Waals surface area (Å²) in [5.41, 5.74) is 3.13. The highest BCUT2D eigenvalue weighted by atomic mass is 32.2. The van der Waals surface area contributed by atoms with Gasteiger partial charge in [0.25, 0.3) is 15.9 Å². The molecule has 1 spiro atoms. The van der Waals surface area contributed by atoms with E-state index in [1.165, 1.54) is 0 Å². The standard InChI is InChI=1S/C36H50N6O5S/c1-8-9-16-31-37-36(19-12-13-20-36)33(43)42(31)22-26-17-18-28(27(21-26)23-41(7)34(44)38-35(4,5)6)29-14-10-11-15-30(29)48(45,46)40-32-24(2)25(3)39-47-32/h10-11,14-15,17-18,21,34,38,40,44H,8-9,12-13,16,19-20,22-23H2,1-7H3/t34-/m0/s1. The minimum absolute atomic E-state index is 0.0739. The van der Waals surface area contributed by atoms with E-state index in [2.05, 4.69) is 22.1 Å². The first-order valence-electron chi connectivity index (χ1n) is 16.9. The number of unbranched alkanes of at least 4 members (excludes halogenated alkanes) is 1. The van der Waals surface area contributed by atoms with Crippen molar-refractivity contribution in [2.24, 2.45) is 4.99 Å². The molecule has 12 heteroatoms. The van der Waals surface area contributed by atoms with Gasteiger partial charge in [0.05, 0.1) is 17.1 Å². The molecule has 1 saturated carbocycles. The van der Waals surface area contributed by atoms with Crippen molar-refractivity contribution in [3.05, 3.63) is 64.8 Å². The maximum absolute atomic E-state index is 13.9. The molecule has 5 rings (SSSR count). The molecule has 1 amide bonds. The second-order valence-electron chi connectivity index (χ2n) is 14.3. The van der Waals surface area contributed by atoms with Gasteiger partial charge in [-0.15, -0.1) is 0 Å². The molecule has 1 fully saturated rings. The maximum atomic E-state index is 13.9. The van der Waals surface area contributed by atoms with E-state index in [0.29, 0.717) is 35.5 Å². The Bertz CT molecular complexity index is 1770. The number of carbonyl (C=O) groups excluding carboxylic acids is 1. The Labute approximate surface area is 284 Å². The first-order chi connectivity index (χ1) is 22.6. The Hall–Kier alpha value is -3.58. The van der Waals surface area contributed by atoms with Crippen molar-refractivity contribution in [1.29, 1.82) is 0 Å². The normalized spacial score (nSPS) is 17.1. The van der Waals surface area contributed by atoms with Gasteiger partial charge < -0.3 is 9.63 Å². The summed E-state index contributed by atoms with van der Waals surface area (Å²) in [6, 6.07) is 12.7. The van der Waals surface area contributed by atoms with Gasteiger partial charge in [0.15, 0.2) is 6.35 Å². The van der Waals surface area contributed by atoms with E-state index in [1.807, 2.05) is 50.9 Å². The van der Waals surface area contributed by atoms with Gasteiger partial charge in [-0.25, -0.2) is 13.1 Å². The minimum atomic E-state index is -4.08. The van der Waals surface area contributed by atoms with Crippen molar-refractivity contribution < 1.29 is 22.8 Å². The number of rotatable bonds is 13. The maximum Gasteiger partial charge on any atom is 0.264 e. The fourth-order valence-corrected chi connectivity index (χ4v) is 7.75. The number of aliphatic hydroxyl groups is 1. The molecule has 1 aromatic heterocycles. The highest BCUT2D eigenvalue weighted by molar-refractivity contribution is 7.92. The Morgan fingerprint density at radius 2 is 1.81 bits per heavy atom. The summed E-state index contributed by atoms with van der Waals surface area (Å²) in [5.74, 6) is 1.01. The number of aliphatic hydroxyl groups excluding tert-OH is 1. The third-order valence-electron chi connectivity index (χ3n) is 9.24. The van der Waals surface area contributed by atoms with Crippen molar-refractivity contribution in [3.8, 4) is 11.1 Å². The van der Waals surface area contributed by atoms with Gasteiger partial charge >= 0.3 is 0 Å². The van der Waals surface area contributed by atoms with Crippen LogP contribution < -0.4 is 10.0 Å². The van der Waals surface area contributed by atoms with Gasteiger partial charge in [-0.2, -0.15) is 0 Å². The molecule has 2 aliphatic rings. The minimum Gasteiger partial charge on any atom is -0.365 e. The topological polar surface area (TPSA) is 140 Å². The van der Waals surface area contributed by atoms with E-state index >= 15 is 0 Å². The SMILES string of the molecule is CCCCC1=NC2(CCCC2)C(=O)N1Cc1ccc(-c2ccccc2S(=O)(=O)Nc2onc(C)c2C)c(CN(C)[C@@H](O)NC(C)(C)C)c1. The van der Waals surface area contributed by atoms with Crippen molar-refractivity contribution in [2.75, 3.05) is 11.8 Å². The summed E-state index contributed by atoms with van der Waals surface area (Å²) in [4.78, 5) is 22.6. The zero-order chi connectivity index (χ0) is 34.9. The molecule has 0 bridgehead atoms. The summed E-state index contributed by atoms with van der Waals surface area (Å²) in [6.45, 7) is 12.2. The number of aromatic nitrogens is 1. The predicted octanol–water partition coefficient (Wildman–Crippen LogP) is 6.10. The molecule has 3 N–H and O–H groups in total. The highest BCUT2D eigenvalue weighted by Crippen LogP contribution is 2.40. The number of nitrogens with one attached hydrogen (secondary N) is 2. The van der Waals surface area contributed by atoms with Gasteiger partial charge in [0.1, 0.15) is 11.4 Å². The third kappa shape index (κ3) is 7.67. The molecule has 0 saturated heterocycles. The number of carbonyl (C=O) groups is 1. The predicted molar refractivity (Wildman–Crippen MR) is 188 cm³/mol. The monoisotopic (exact) mass is 678 g/mol. The van der Waals surface area contributed by atoms with Crippen LogP contribution in [0.25, 0.3) is 11.1 Å². The molecule has 260 valence electrons. The third-order valence-corrected chi connectivity index (χ3v) is 10.6. The van der Waals surface area contributed by atoms with E-state index in [0.717, 1.165) is 61.9 Å². The van der Waals surface area contributed by atoms with Gasteiger partial charge in [-0.3, -0.25) is 24.9 Å². The molecule has 48 heavy (non-hydrogen) atoms. The highest BCUT2D eigenvalue weighted by Gasteiger charge is 2.49. The molecular weight excluding hydrogens is 628 g/mol. The number of aryl methyl sites for hydroxylation is 1. The van der Waals surface area contributed by atoms with Crippen molar-refractivity contribution in [2.45, 2.75) is 122 Å². The Morgan fingerprint density at radius 3 is 2.46 bits per heavy atom. The van der Waals surface area contributed by atoms with Crippen LogP contribution in [0.1, 0.15) is 95.0 Å². The lowest BCUT2D eigenvalue weighted by molar-refractivity contribution is -0.131. The summed E-state index contributed by atoms with van der Waals surface area (Å²) < 4.78 is 35.5. The molecule has 1 atom stereocenters. The van der Waals surface area contributed by atoms with Crippen LogP contribution in [0.4, 0.5) is 5.88 Å². The molecule has 2 aromatic carbocycles. The van der Waals surface area contributed by atoms with Crippen LogP contribution in [0, 0.1) is 13.8 Å². The fraction of sp³-hybridized carbons (Fsp3) is 0.528. The lowest BCUT2D eigenvalue weighted by atomic mass is 9.96. The second-order valence-corrected chi connectivity index (χ2v) is 15.9. The van der Waals surface area contributed by atoms with Crippen molar-refractivity contribution in [3.63, 3.8) is 0 Å². The van der Waals surface area contributed by atoms with Crippen molar-refractivity contribution in [1.82, 2.24) is 20.3 Å². The number of anilines is 1. The average Bonchev–Trinajstić information content (AvgIpc) is 3.70. The summed E-state index contributed by atoms with van der Waals surface area (Å²) in [5, 5.41) is 18.1. The second kappa shape index (κ2) is 14.1. The zero-order valence-electron chi connectivity index (χ0n) is 29.3. The average molecular weight is 679 g/mol. The number of sulfonamides is 1. The van der Waals surface area contributed by atoms with E-state index < -0.39 is 21.9 Å². The number of nitrogens with zero attached hydrogens (tertiary/aromatic N) is 4. The van der Waals surface area contributed by atoms with Crippen molar-refractivity contribution >= 4 is 27.7 Å². The van der Waals surface area contributed by atoms with E-state index in [9.17, 15) is 18.3 Å². The van der Waals surface area contributed by atoms with Gasteiger partial charge in [-0.1, -0.05) is 67.7 Å². The number of hydrogen-bond donors (Lipinski definition) is 3. The van der Waals surface area contributed by atoms with Gasteiger partial charge in [0, 0.05) is 29.6 Å².